The summed E-state index contributed by atoms with van der Waals surface area (Å²) in [4.78, 5) is 3.74. The van der Waals surface area contributed by atoms with Crippen LogP contribution in [-0.4, -0.2) is 35.1 Å². The van der Waals surface area contributed by atoms with E-state index in [1.54, 1.807) is 14.0 Å². The Morgan fingerprint density at radius 1 is 1.76 bits per heavy atom. The van der Waals surface area contributed by atoms with Crippen LogP contribution in [0.1, 0.15) is 13.3 Å². The molecule has 1 aromatic heterocycles. The minimum atomic E-state index is -3.67. The summed E-state index contributed by atoms with van der Waals surface area (Å²) in [6, 6.07) is -0.488. The third-order valence-electron chi connectivity index (χ3n) is 1.96. The Balaban J connectivity index is 2.74. The first kappa shape index (κ1) is 13.5. The minimum Gasteiger partial charge on any atom is -0.409 e. The van der Waals surface area contributed by atoms with Crippen molar-refractivity contribution >= 4 is 15.9 Å². The highest BCUT2D eigenvalue weighted by atomic mass is 32.2. The highest BCUT2D eigenvalue weighted by Crippen LogP contribution is 2.06. The predicted octanol–water partition coefficient (Wildman–Crippen LogP) is -0.777. The third-order valence-corrected chi connectivity index (χ3v) is 3.43. The van der Waals surface area contributed by atoms with Gasteiger partial charge < -0.3 is 15.5 Å². The fourth-order valence-corrected chi connectivity index (χ4v) is 2.47. The molecule has 0 saturated heterocycles. The molecule has 0 amide bonds. The molecule has 0 aromatic carbocycles. The maximum Gasteiger partial charge on any atom is 0.259 e. The lowest BCUT2D eigenvalue weighted by atomic mass is 10.2. The Labute approximate surface area is 99.2 Å². The maximum atomic E-state index is 11.8. The first-order chi connectivity index (χ1) is 7.85. The van der Waals surface area contributed by atoms with E-state index in [0.717, 1.165) is 0 Å². The van der Waals surface area contributed by atoms with Gasteiger partial charge in [-0.1, -0.05) is 5.16 Å². The van der Waals surface area contributed by atoms with Gasteiger partial charge in [-0.25, -0.2) is 18.1 Å². The molecule has 0 radical (unpaired) electrons. The average Bonchev–Trinajstić information content (AvgIpc) is 2.64. The molecule has 0 aliphatic heterocycles. The van der Waals surface area contributed by atoms with Crippen molar-refractivity contribution in [2.24, 2.45) is 17.9 Å². The number of sulfonamides is 1. The molecule has 1 aromatic rings. The van der Waals surface area contributed by atoms with E-state index in [1.165, 1.54) is 17.1 Å². The van der Waals surface area contributed by atoms with Gasteiger partial charge in [-0.2, -0.15) is 0 Å². The molecule has 9 heteroatoms. The van der Waals surface area contributed by atoms with E-state index in [4.69, 9.17) is 10.9 Å². The summed E-state index contributed by atoms with van der Waals surface area (Å²) in [5, 5.41) is 11.1. The highest BCUT2D eigenvalue weighted by Gasteiger charge is 2.20. The van der Waals surface area contributed by atoms with E-state index in [0.29, 0.717) is 0 Å². The number of nitrogens with one attached hydrogen (secondary N) is 1. The van der Waals surface area contributed by atoms with E-state index in [9.17, 15) is 8.42 Å². The van der Waals surface area contributed by atoms with Gasteiger partial charge in [-0.3, -0.25) is 0 Å². The van der Waals surface area contributed by atoms with Crippen LogP contribution >= 0.6 is 0 Å². The van der Waals surface area contributed by atoms with Crippen molar-refractivity contribution in [3.63, 3.8) is 0 Å². The average molecular weight is 261 g/mol. The van der Waals surface area contributed by atoms with Crippen molar-refractivity contribution < 1.29 is 13.6 Å². The van der Waals surface area contributed by atoms with Crippen LogP contribution in [0.3, 0.4) is 0 Å². The molecule has 1 unspecified atom stereocenters. The van der Waals surface area contributed by atoms with Crippen molar-refractivity contribution in [2.45, 2.75) is 24.4 Å². The van der Waals surface area contributed by atoms with Crippen molar-refractivity contribution in [3.05, 3.63) is 12.5 Å². The fraction of sp³-hybridized carbons (Fsp3) is 0.500. The summed E-state index contributed by atoms with van der Waals surface area (Å²) in [6.45, 7) is 1.61. The fourth-order valence-electron chi connectivity index (χ4n) is 1.25. The zero-order chi connectivity index (χ0) is 13.1. The quantitative estimate of drug-likeness (QED) is 0.278. The van der Waals surface area contributed by atoms with Gasteiger partial charge in [0.1, 0.15) is 5.84 Å². The second-order valence-electron chi connectivity index (χ2n) is 3.70. The zero-order valence-corrected chi connectivity index (χ0v) is 10.3. The lowest BCUT2D eigenvalue weighted by Crippen LogP contribution is -2.35. The molecular weight excluding hydrogens is 246 g/mol. The summed E-state index contributed by atoms with van der Waals surface area (Å²) in [6.07, 6.45) is 2.89. The number of oxime groups is 1. The molecule has 1 atom stereocenters. The smallest absolute Gasteiger partial charge is 0.259 e. The van der Waals surface area contributed by atoms with Gasteiger partial charge in [0, 0.05) is 25.7 Å². The minimum absolute atomic E-state index is 0.0405. The number of nitrogens with zero attached hydrogens (tertiary/aromatic N) is 3. The number of imidazole rings is 1. The van der Waals surface area contributed by atoms with Crippen LogP contribution in [0.15, 0.2) is 22.7 Å². The molecular formula is C8H15N5O3S. The molecule has 17 heavy (non-hydrogen) atoms. The standard InChI is InChI=1S/C8H15N5O3S/c1-6(3-7(9)11-14)12-17(15,16)8-4-13(2)5-10-8/h4-6,12,14H,3H2,1-2H3,(H2,9,11). The summed E-state index contributed by atoms with van der Waals surface area (Å²) >= 11 is 0. The normalized spacial score (nSPS) is 14.8. The first-order valence-corrected chi connectivity index (χ1v) is 6.30. The Hall–Kier alpha value is -1.61. The largest absolute Gasteiger partial charge is 0.409 e. The van der Waals surface area contributed by atoms with Crippen LogP contribution in [0.4, 0.5) is 0 Å². The number of rotatable bonds is 5. The lowest BCUT2D eigenvalue weighted by Gasteiger charge is -2.11. The molecule has 0 bridgehead atoms. The van der Waals surface area contributed by atoms with Crippen molar-refractivity contribution in [3.8, 4) is 0 Å². The number of hydrogen-bond donors (Lipinski definition) is 3. The molecule has 8 nitrogen and oxygen atoms in total. The molecule has 0 saturated carbocycles. The predicted molar refractivity (Wildman–Crippen MR) is 61.0 cm³/mol. The van der Waals surface area contributed by atoms with Crippen molar-refractivity contribution in [1.82, 2.24) is 14.3 Å². The first-order valence-electron chi connectivity index (χ1n) is 4.82. The molecule has 0 spiro atoms. The number of aryl methyl sites for hydroxylation is 1. The van der Waals surface area contributed by atoms with Gasteiger partial charge in [0.25, 0.3) is 10.0 Å². The van der Waals surface area contributed by atoms with Crippen LogP contribution < -0.4 is 10.5 Å². The lowest BCUT2D eigenvalue weighted by molar-refractivity contribution is 0.316. The van der Waals surface area contributed by atoms with E-state index >= 15 is 0 Å². The highest BCUT2D eigenvalue weighted by molar-refractivity contribution is 7.89. The van der Waals surface area contributed by atoms with E-state index < -0.39 is 16.1 Å². The number of nitrogens with two attached hydrogens (primary N) is 1. The maximum absolute atomic E-state index is 11.8. The second-order valence-corrected chi connectivity index (χ2v) is 5.36. The Morgan fingerprint density at radius 2 is 2.41 bits per heavy atom. The van der Waals surface area contributed by atoms with Gasteiger partial charge in [0.05, 0.1) is 6.33 Å². The Kier molecular flexibility index (Phi) is 4.07. The second kappa shape index (κ2) is 5.15. The van der Waals surface area contributed by atoms with Crippen LogP contribution in [0.5, 0.6) is 0 Å². The third kappa shape index (κ3) is 3.71. The van der Waals surface area contributed by atoms with E-state index in [1.807, 2.05) is 0 Å². The van der Waals surface area contributed by atoms with Gasteiger partial charge in [-0.15, -0.1) is 0 Å². The molecule has 96 valence electrons. The summed E-state index contributed by atoms with van der Waals surface area (Å²) in [7, 11) is -1.99. The van der Waals surface area contributed by atoms with E-state index in [-0.39, 0.29) is 17.3 Å². The molecule has 4 N–H and O–H groups in total. The monoisotopic (exact) mass is 261 g/mol. The van der Waals surface area contributed by atoms with Crippen LogP contribution in [0.2, 0.25) is 0 Å². The van der Waals surface area contributed by atoms with Gasteiger partial charge in [-0.05, 0) is 6.92 Å². The molecule has 0 fully saturated rings. The summed E-state index contributed by atoms with van der Waals surface area (Å²) < 4.78 is 27.5. The van der Waals surface area contributed by atoms with Crippen LogP contribution in [0.25, 0.3) is 0 Å². The topological polar surface area (TPSA) is 123 Å². The number of amidine groups is 1. The molecule has 1 rings (SSSR count). The number of hydrogen-bond acceptors (Lipinski definition) is 5. The molecule has 0 aliphatic rings. The Bertz CT molecular complexity index is 507. The molecule has 1 heterocycles. The zero-order valence-electron chi connectivity index (χ0n) is 9.53. The number of aromatic nitrogens is 2. The Morgan fingerprint density at radius 3 is 2.88 bits per heavy atom. The van der Waals surface area contributed by atoms with Crippen molar-refractivity contribution in [1.29, 1.82) is 0 Å². The van der Waals surface area contributed by atoms with Crippen LogP contribution in [-0.2, 0) is 17.1 Å². The molecule has 0 aliphatic carbocycles. The van der Waals surface area contributed by atoms with E-state index in [2.05, 4.69) is 14.9 Å². The summed E-state index contributed by atoms with van der Waals surface area (Å²) in [5.41, 5.74) is 5.28. The van der Waals surface area contributed by atoms with Gasteiger partial charge >= 0.3 is 0 Å². The SMILES string of the molecule is CC(CC(N)=NO)NS(=O)(=O)c1cn(C)cn1. The van der Waals surface area contributed by atoms with Crippen LogP contribution in [0, 0.1) is 0 Å². The van der Waals surface area contributed by atoms with Gasteiger partial charge in [0.15, 0.2) is 5.03 Å². The summed E-state index contributed by atoms with van der Waals surface area (Å²) in [5.74, 6) is -0.0405. The van der Waals surface area contributed by atoms with Gasteiger partial charge in [0.2, 0.25) is 0 Å². The van der Waals surface area contributed by atoms with Crippen molar-refractivity contribution in [2.75, 3.05) is 0 Å².